The smallest absolute Gasteiger partial charge is 0.226 e. The summed E-state index contributed by atoms with van der Waals surface area (Å²) in [5.41, 5.74) is 3.11. The number of carbonyl (C=O) groups excluding carboxylic acids is 1. The fraction of sp³-hybridized carbons (Fsp3) is 0.421. The van der Waals surface area contributed by atoms with E-state index in [4.69, 9.17) is 0 Å². The lowest BCUT2D eigenvalue weighted by Gasteiger charge is -2.28. The molecular weight excluding hydrogens is 319 g/mol. The summed E-state index contributed by atoms with van der Waals surface area (Å²) >= 11 is 0. The molecule has 4 rings (SSSR count). The van der Waals surface area contributed by atoms with Crippen molar-refractivity contribution in [1.29, 1.82) is 0 Å². The molecule has 2 aliphatic rings. The molecule has 1 fully saturated rings. The number of halogens is 1. The van der Waals surface area contributed by atoms with E-state index in [1.54, 1.807) is 12.1 Å². The maximum absolute atomic E-state index is 13.1. The SMILES string of the molecule is CCNc1cc2c(nn1)CCN(C(=O)[C@@H]1C[C@H]1c1ccc(F)cc1)C2. The maximum atomic E-state index is 13.1. The molecule has 130 valence electrons. The van der Waals surface area contributed by atoms with Gasteiger partial charge in [-0.1, -0.05) is 12.1 Å². The Morgan fingerprint density at radius 2 is 2.12 bits per heavy atom. The number of benzene rings is 1. The van der Waals surface area contributed by atoms with E-state index >= 15 is 0 Å². The van der Waals surface area contributed by atoms with Crippen LogP contribution in [-0.4, -0.2) is 34.1 Å². The van der Waals surface area contributed by atoms with E-state index in [0.29, 0.717) is 13.1 Å². The Morgan fingerprint density at radius 1 is 1.32 bits per heavy atom. The predicted octanol–water partition coefficient (Wildman–Crippen LogP) is 2.74. The molecule has 6 heteroatoms. The third-order valence-electron chi connectivity index (χ3n) is 5.02. The molecule has 1 aliphatic heterocycles. The van der Waals surface area contributed by atoms with Crippen LogP contribution in [0.3, 0.4) is 0 Å². The Labute approximate surface area is 146 Å². The van der Waals surface area contributed by atoms with Crippen molar-refractivity contribution in [3.63, 3.8) is 0 Å². The number of hydrogen-bond acceptors (Lipinski definition) is 4. The number of nitrogens with zero attached hydrogens (tertiary/aromatic N) is 3. The summed E-state index contributed by atoms with van der Waals surface area (Å²) in [7, 11) is 0. The molecule has 2 heterocycles. The fourth-order valence-electron chi connectivity index (χ4n) is 3.57. The molecule has 1 amide bonds. The van der Waals surface area contributed by atoms with Crippen molar-refractivity contribution in [2.75, 3.05) is 18.4 Å². The Balaban J connectivity index is 1.44. The van der Waals surface area contributed by atoms with Crippen LogP contribution in [-0.2, 0) is 17.8 Å². The summed E-state index contributed by atoms with van der Waals surface area (Å²) in [6.45, 7) is 4.08. The van der Waals surface area contributed by atoms with E-state index in [9.17, 15) is 9.18 Å². The van der Waals surface area contributed by atoms with E-state index in [0.717, 1.165) is 42.0 Å². The topological polar surface area (TPSA) is 58.1 Å². The van der Waals surface area contributed by atoms with Crippen molar-refractivity contribution in [2.24, 2.45) is 5.92 Å². The van der Waals surface area contributed by atoms with Gasteiger partial charge < -0.3 is 10.2 Å². The number of aromatic nitrogens is 2. The molecule has 1 aliphatic carbocycles. The summed E-state index contributed by atoms with van der Waals surface area (Å²) in [5.74, 6) is 0.961. The van der Waals surface area contributed by atoms with Crippen molar-refractivity contribution in [2.45, 2.75) is 32.2 Å². The summed E-state index contributed by atoms with van der Waals surface area (Å²) in [6.07, 6.45) is 1.60. The number of fused-ring (bicyclic) bond motifs is 1. The van der Waals surface area contributed by atoms with Crippen molar-refractivity contribution in [3.8, 4) is 0 Å². The average Bonchev–Trinajstić information content (AvgIpc) is 3.42. The van der Waals surface area contributed by atoms with Crippen LogP contribution < -0.4 is 5.32 Å². The molecule has 1 aromatic carbocycles. The normalized spacial score (nSPS) is 21.6. The van der Waals surface area contributed by atoms with Crippen molar-refractivity contribution in [3.05, 3.63) is 53.0 Å². The van der Waals surface area contributed by atoms with E-state index in [-0.39, 0.29) is 23.6 Å². The second kappa shape index (κ2) is 6.43. The molecule has 0 bridgehead atoms. The lowest BCUT2D eigenvalue weighted by Crippen LogP contribution is -2.37. The van der Waals surface area contributed by atoms with Gasteiger partial charge in [0.15, 0.2) is 0 Å². The average molecular weight is 340 g/mol. The quantitative estimate of drug-likeness (QED) is 0.930. The maximum Gasteiger partial charge on any atom is 0.226 e. The van der Waals surface area contributed by atoms with Gasteiger partial charge in [0.25, 0.3) is 0 Å². The first-order chi connectivity index (χ1) is 12.2. The van der Waals surface area contributed by atoms with Gasteiger partial charge in [0.05, 0.1) is 5.69 Å². The predicted molar refractivity (Wildman–Crippen MR) is 92.6 cm³/mol. The van der Waals surface area contributed by atoms with Gasteiger partial charge in [0.2, 0.25) is 5.91 Å². The Kier molecular flexibility index (Phi) is 4.11. The van der Waals surface area contributed by atoms with Crippen molar-refractivity contribution < 1.29 is 9.18 Å². The molecule has 0 spiro atoms. The Bertz CT molecular complexity index is 793. The highest BCUT2D eigenvalue weighted by molar-refractivity contribution is 5.83. The van der Waals surface area contributed by atoms with Gasteiger partial charge in [-0.2, -0.15) is 5.10 Å². The highest BCUT2D eigenvalue weighted by atomic mass is 19.1. The van der Waals surface area contributed by atoms with Crippen LogP contribution in [0.15, 0.2) is 30.3 Å². The second-order valence-corrected chi connectivity index (χ2v) is 6.74. The van der Waals surface area contributed by atoms with Crippen LogP contribution in [0.4, 0.5) is 10.2 Å². The van der Waals surface area contributed by atoms with Crippen LogP contribution in [0.5, 0.6) is 0 Å². The molecule has 1 N–H and O–H groups in total. The van der Waals surface area contributed by atoms with Gasteiger partial charge in [-0.25, -0.2) is 4.39 Å². The lowest BCUT2D eigenvalue weighted by atomic mass is 10.0. The molecule has 25 heavy (non-hydrogen) atoms. The first-order valence-electron chi connectivity index (χ1n) is 8.79. The summed E-state index contributed by atoms with van der Waals surface area (Å²) in [5, 5.41) is 11.6. The third-order valence-corrected chi connectivity index (χ3v) is 5.02. The molecule has 0 unspecified atom stereocenters. The highest BCUT2D eigenvalue weighted by Crippen LogP contribution is 2.48. The minimum absolute atomic E-state index is 0.0232. The molecule has 2 atom stereocenters. The summed E-state index contributed by atoms with van der Waals surface area (Å²) in [4.78, 5) is 14.8. The molecule has 0 radical (unpaired) electrons. The Morgan fingerprint density at radius 3 is 2.88 bits per heavy atom. The number of nitrogens with one attached hydrogen (secondary N) is 1. The van der Waals surface area contributed by atoms with Gasteiger partial charge in [-0.3, -0.25) is 4.79 Å². The molecule has 5 nitrogen and oxygen atoms in total. The van der Waals surface area contributed by atoms with E-state index < -0.39 is 0 Å². The van der Waals surface area contributed by atoms with Crippen molar-refractivity contribution in [1.82, 2.24) is 15.1 Å². The van der Waals surface area contributed by atoms with Crippen LogP contribution >= 0.6 is 0 Å². The number of carbonyl (C=O) groups is 1. The minimum Gasteiger partial charge on any atom is -0.369 e. The molecule has 1 saturated carbocycles. The molecule has 2 aromatic rings. The molecular formula is C19H21FN4O. The highest BCUT2D eigenvalue weighted by Gasteiger charge is 2.46. The zero-order valence-corrected chi connectivity index (χ0v) is 14.2. The van der Waals surface area contributed by atoms with Gasteiger partial charge >= 0.3 is 0 Å². The zero-order chi connectivity index (χ0) is 17.4. The standard InChI is InChI=1S/C19H21FN4O/c1-2-21-18-9-13-11-24(8-7-17(13)22-23-18)19(25)16-10-15(16)12-3-5-14(20)6-4-12/h3-6,9,15-16H,2,7-8,10-11H2,1H3,(H,21,23)/t15-,16+/m0/s1. The number of hydrogen-bond donors (Lipinski definition) is 1. The zero-order valence-electron chi connectivity index (χ0n) is 14.2. The summed E-state index contributed by atoms with van der Waals surface area (Å²) in [6, 6.07) is 8.50. The summed E-state index contributed by atoms with van der Waals surface area (Å²) < 4.78 is 13.1. The molecule has 1 aromatic heterocycles. The van der Waals surface area contributed by atoms with Crippen molar-refractivity contribution >= 4 is 11.7 Å². The number of anilines is 1. The monoisotopic (exact) mass is 340 g/mol. The third kappa shape index (κ3) is 3.21. The van der Waals surface area contributed by atoms with Crippen LogP contribution in [0.25, 0.3) is 0 Å². The first kappa shape index (κ1) is 16.0. The van der Waals surface area contributed by atoms with E-state index in [1.165, 1.54) is 12.1 Å². The number of amides is 1. The van der Waals surface area contributed by atoms with Gasteiger partial charge in [0.1, 0.15) is 11.6 Å². The second-order valence-electron chi connectivity index (χ2n) is 6.74. The van der Waals surface area contributed by atoms with Gasteiger partial charge in [0, 0.05) is 32.0 Å². The van der Waals surface area contributed by atoms with Crippen LogP contribution in [0.1, 0.15) is 36.1 Å². The minimum atomic E-state index is -0.238. The fourth-order valence-corrected chi connectivity index (χ4v) is 3.57. The molecule has 0 saturated heterocycles. The lowest BCUT2D eigenvalue weighted by molar-refractivity contribution is -0.133. The Hall–Kier alpha value is -2.50. The van der Waals surface area contributed by atoms with E-state index in [1.807, 2.05) is 17.9 Å². The first-order valence-corrected chi connectivity index (χ1v) is 8.79. The number of rotatable bonds is 4. The van der Waals surface area contributed by atoms with Crippen LogP contribution in [0, 0.1) is 11.7 Å². The van der Waals surface area contributed by atoms with Crippen LogP contribution in [0.2, 0.25) is 0 Å². The largest absolute Gasteiger partial charge is 0.369 e. The van der Waals surface area contributed by atoms with Gasteiger partial charge in [-0.15, -0.1) is 5.10 Å². The van der Waals surface area contributed by atoms with E-state index in [2.05, 4.69) is 15.5 Å². The van der Waals surface area contributed by atoms with Gasteiger partial charge in [-0.05, 0) is 48.6 Å².